The highest BCUT2D eigenvalue weighted by atomic mass is 19.1. The smallest absolute Gasteiger partial charge is 0.407 e. The van der Waals surface area contributed by atoms with Gasteiger partial charge in [-0.05, 0) is 43.0 Å². The van der Waals surface area contributed by atoms with Gasteiger partial charge in [0, 0.05) is 12.5 Å². The molecule has 0 bridgehead atoms. The minimum Gasteiger partial charge on any atom is -0.465 e. The van der Waals surface area contributed by atoms with Crippen LogP contribution in [0, 0.1) is 18.7 Å². The number of carbonyl (C=O) groups is 2. The Hall–Kier alpha value is -1.91. The monoisotopic (exact) mass is 265 g/mol. The van der Waals surface area contributed by atoms with Crippen LogP contribution in [0.3, 0.4) is 0 Å². The maximum absolute atomic E-state index is 13.1. The van der Waals surface area contributed by atoms with Crippen molar-refractivity contribution in [3.63, 3.8) is 0 Å². The third kappa shape index (κ3) is 2.59. The van der Waals surface area contributed by atoms with Gasteiger partial charge in [-0.15, -0.1) is 0 Å². The summed E-state index contributed by atoms with van der Waals surface area (Å²) in [6.45, 7) is 2.13. The molecular formula is C14H16FNO3. The lowest BCUT2D eigenvalue weighted by atomic mass is 9.84. The third-order valence-electron chi connectivity index (χ3n) is 3.65. The van der Waals surface area contributed by atoms with Crippen molar-refractivity contribution in [3.05, 3.63) is 35.1 Å². The maximum atomic E-state index is 13.1. The predicted molar refractivity (Wildman–Crippen MR) is 67.4 cm³/mol. The van der Waals surface area contributed by atoms with Crippen molar-refractivity contribution in [1.82, 2.24) is 4.90 Å². The molecular weight excluding hydrogens is 249 g/mol. The van der Waals surface area contributed by atoms with Crippen molar-refractivity contribution < 1.29 is 19.1 Å². The van der Waals surface area contributed by atoms with Gasteiger partial charge in [0.2, 0.25) is 0 Å². The fraction of sp³-hybridized carbons (Fsp3) is 0.429. The predicted octanol–water partition coefficient (Wildman–Crippen LogP) is 2.76. The van der Waals surface area contributed by atoms with Crippen LogP contribution in [0.2, 0.25) is 0 Å². The topological polar surface area (TPSA) is 57.6 Å². The van der Waals surface area contributed by atoms with Crippen LogP contribution in [-0.2, 0) is 4.79 Å². The molecule has 2 rings (SSSR count). The van der Waals surface area contributed by atoms with E-state index in [9.17, 15) is 19.1 Å². The Morgan fingerprint density at radius 2 is 2.26 bits per heavy atom. The van der Waals surface area contributed by atoms with Crippen molar-refractivity contribution in [2.24, 2.45) is 5.92 Å². The number of nitrogens with zero attached hydrogens (tertiary/aromatic N) is 1. The highest BCUT2D eigenvalue weighted by Crippen LogP contribution is 2.36. The summed E-state index contributed by atoms with van der Waals surface area (Å²) in [5.41, 5.74) is 1.38. The van der Waals surface area contributed by atoms with Crippen molar-refractivity contribution in [2.45, 2.75) is 25.8 Å². The summed E-state index contributed by atoms with van der Waals surface area (Å²) in [6, 6.07) is 3.74. The van der Waals surface area contributed by atoms with Gasteiger partial charge in [0.05, 0.1) is 6.04 Å². The van der Waals surface area contributed by atoms with Crippen LogP contribution in [-0.4, -0.2) is 28.9 Å². The number of likely N-dealkylation sites (tertiary alicyclic amines) is 1. The SMILES string of the molecule is Cc1cc(F)ccc1C1C(C=O)CCCN1C(=O)O. The van der Waals surface area contributed by atoms with Crippen molar-refractivity contribution >= 4 is 12.4 Å². The zero-order valence-corrected chi connectivity index (χ0v) is 10.7. The Balaban J connectivity index is 2.45. The van der Waals surface area contributed by atoms with Gasteiger partial charge in [0.15, 0.2) is 0 Å². The summed E-state index contributed by atoms with van der Waals surface area (Å²) in [5.74, 6) is -0.726. The molecule has 1 N–H and O–H groups in total. The minimum absolute atomic E-state index is 0.360. The van der Waals surface area contributed by atoms with E-state index in [0.29, 0.717) is 30.5 Å². The van der Waals surface area contributed by atoms with Crippen LogP contribution in [0.1, 0.15) is 30.0 Å². The number of aldehydes is 1. The fourth-order valence-electron chi connectivity index (χ4n) is 2.75. The van der Waals surface area contributed by atoms with Crippen LogP contribution in [0.5, 0.6) is 0 Å². The molecule has 0 saturated carbocycles. The molecule has 0 aromatic heterocycles. The van der Waals surface area contributed by atoms with E-state index in [2.05, 4.69) is 0 Å². The Morgan fingerprint density at radius 1 is 1.53 bits per heavy atom. The first-order chi connectivity index (χ1) is 9.04. The van der Waals surface area contributed by atoms with Gasteiger partial charge in [-0.1, -0.05) is 6.07 Å². The Labute approximate surface area is 110 Å². The highest BCUT2D eigenvalue weighted by Gasteiger charge is 2.36. The van der Waals surface area contributed by atoms with Gasteiger partial charge in [0.1, 0.15) is 12.1 Å². The molecule has 1 heterocycles. The number of benzene rings is 1. The standard InChI is InChI=1S/C14H16FNO3/c1-9-7-11(15)4-5-12(9)13-10(8-17)3-2-6-16(13)14(18)19/h4-5,7-8,10,13H,2-3,6H2,1H3,(H,18,19). The summed E-state index contributed by atoms with van der Waals surface area (Å²) < 4.78 is 13.1. The molecule has 1 aromatic rings. The molecule has 1 aliphatic heterocycles. The average Bonchev–Trinajstić information content (AvgIpc) is 2.38. The third-order valence-corrected chi connectivity index (χ3v) is 3.65. The number of carboxylic acid groups (broad SMARTS) is 1. The zero-order chi connectivity index (χ0) is 14.0. The molecule has 2 unspecified atom stereocenters. The zero-order valence-electron chi connectivity index (χ0n) is 10.7. The van der Waals surface area contributed by atoms with Crippen molar-refractivity contribution in [2.75, 3.05) is 6.54 Å². The summed E-state index contributed by atoms with van der Waals surface area (Å²) in [7, 11) is 0. The molecule has 1 fully saturated rings. The second kappa shape index (κ2) is 5.38. The maximum Gasteiger partial charge on any atom is 0.407 e. The molecule has 1 saturated heterocycles. The number of piperidine rings is 1. The van der Waals surface area contributed by atoms with Crippen molar-refractivity contribution in [1.29, 1.82) is 0 Å². The largest absolute Gasteiger partial charge is 0.465 e. The molecule has 1 aliphatic rings. The van der Waals surface area contributed by atoms with Gasteiger partial charge < -0.3 is 14.8 Å². The summed E-state index contributed by atoms with van der Waals surface area (Å²) >= 11 is 0. The Kier molecular flexibility index (Phi) is 3.83. The van der Waals surface area contributed by atoms with E-state index in [4.69, 9.17) is 0 Å². The lowest BCUT2D eigenvalue weighted by molar-refractivity contribution is -0.114. The van der Waals surface area contributed by atoms with E-state index in [1.54, 1.807) is 13.0 Å². The molecule has 2 atom stereocenters. The van der Waals surface area contributed by atoms with Gasteiger partial charge >= 0.3 is 6.09 Å². The van der Waals surface area contributed by atoms with E-state index < -0.39 is 12.1 Å². The van der Waals surface area contributed by atoms with E-state index in [-0.39, 0.29) is 11.7 Å². The quantitative estimate of drug-likeness (QED) is 0.836. The molecule has 4 nitrogen and oxygen atoms in total. The number of rotatable bonds is 2. The second-order valence-electron chi connectivity index (χ2n) is 4.86. The second-order valence-corrected chi connectivity index (χ2v) is 4.86. The first kappa shape index (κ1) is 13.5. The van der Waals surface area contributed by atoms with Gasteiger partial charge in [-0.3, -0.25) is 0 Å². The summed E-state index contributed by atoms with van der Waals surface area (Å²) in [4.78, 5) is 23.8. The number of halogens is 1. The number of carbonyl (C=O) groups excluding carboxylic acids is 1. The van der Waals surface area contributed by atoms with Crippen LogP contribution in [0.15, 0.2) is 18.2 Å². The fourth-order valence-corrected chi connectivity index (χ4v) is 2.75. The summed E-state index contributed by atoms with van der Waals surface area (Å²) in [5, 5.41) is 9.26. The lowest BCUT2D eigenvalue weighted by Gasteiger charge is -2.38. The Morgan fingerprint density at radius 3 is 2.84 bits per heavy atom. The molecule has 1 aromatic carbocycles. The number of hydrogen-bond acceptors (Lipinski definition) is 2. The lowest BCUT2D eigenvalue weighted by Crippen LogP contribution is -2.42. The van der Waals surface area contributed by atoms with Crippen LogP contribution in [0.25, 0.3) is 0 Å². The first-order valence-corrected chi connectivity index (χ1v) is 6.25. The van der Waals surface area contributed by atoms with Gasteiger partial charge in [-0.2, -0.15) is 0 Å². The molecule has 0 radical (unpaired) electrons. The molecule has 19 heavy (non-hydrogen) atoms. The molecule has 102 valence electrons. The van der Waals surface area contributed by atoms with E-state index in [0.717, 1.165) is 6.29 Å². The molecule has 5 heteroatoms. The number of hydrogen-bond donors (Lipinski definition) is 1. The minimum atomic E-state index is -1.04. The van der Waals surface area contributed by atoms with E-state index in [1.807, 2.05) is 0 Å². The van der Waals surface area contributed by atoms with Crippen LogP contribution in [0.4, 0.5) is 9.18 Å². The van der Waals surface area contributed by atoms with E-state index in [1.165, 1.54) is 17.0 Å². The van der Waals surface area contributed by atoms with Crippen LogP contribution < -0.4 is 0 Å². The average molecular weight is 265 g/mol. The molecule has 0 spiro atoms. The normalized spacial score (nSPS) is 23.2. The molecule has 0 aliphatic carbocycles. The van der Waals surface area contributed by atoms with Crippen LogP contribution >= 0.6 is 0 Å². The summed E-state index contributed by atoms with van der Waals surface area (Å²) in [6.07, 6.45) is 1.10. The van der Waals surface area contributed by atoms with Gasteiger partial charge in [0.25, 0.3) is 0 Å². The first-order valence-electron chi connectivity index (χ1n) is 6.25. The van der Waals surface area contributed by atoms with E-state index >= 15 is 0 Å². The molecule has 1 amide bonds. The Bertz CT molecular complexity index is 503. The number of amides is 1. The highest BCUT2D eigenvalue weighted by molar-refractivity contribution is 5.68. The van der Waals surface area contributed by atoms with Gasteiger partial charge in [-0.25, -0.2) is 9.18 Å². The number of aryl methyl sites for hydroxylation is 1. The van der Waals surface area contributed by atoms with Crippen molar-refractivity contribution in [3.8, 4) is 0 Å².